The molecule has 304 valence electrons. The molecule has 2 heterocycles. The molecule has 0 saturated carbocycles. The third-order valence-corrected chi connectivity index (χ3v) is 13.2. The molecule has 0 aliphatic heterocycles. The lowest BCUT2D eigenvalue weighted by Crippen LogP contribution is -2.11. The highest BCUT2D eigenvalue weighted by Crippen LogP contribution is 2.44. The number of nitrogens with zero attached hydrogens (tertiary/aromatic N) is 2. The summed E-state index contributed by atoms with van der Waals surface area (Å²) in [5.41, 5.74) is 15.5. The molecule has 0 bridgehead atoms. The zero-order chi connectivity index (χ0) is 42.8. The first-order chi connectivity index (χ1) is 32.2. The number of aromatic nitrogens is 1. The van der Waals surface area contributed by atoms with E-state index >= 15 is 0 Å². The van der Waals surface area contributed by atoms with E-state index in [9.17, 15) is 0 Å². The van der Waals surface area contributed by atoms with Crippen molar-refractivity contribution in [2.45, 2.75) is 0 Å². The number of para-hydroxylation sites is 4. The van der Waals surface area contributed by atoms with E-state index < -0.39 is 0 Å². The van der Waals surface area contributed by atoms with Gasteiger partial charge >= 0.3 is 0 Å². The van der Waals surface area contributed by atoms with Gasteiger partial charge in [0.1, 0.15) is 11.2 Å². The number of fused-ring (bicyclic) bond motifs is 9. The Morgan fingerprint density at radius 3 is 1.65 bits per heavy atom. The molecular formula is C62H40N2O. The van der Waals surface area contributed by atoms with E-state index in [1.807, 2.05) is 12.1 Å². The van der Waals surface area contributed by atoms with E-state index in [4.69, 9.17) is 4.42 Å². The molecule has 0 aliphatic rings. The van der Waals surface area contributed by atoms with Crippen LogP contribution in [0.5, 0.6) is 0 Å². The summed E-state index contributed by atoms with van der Waals surface area (Å²) in [6, 6.07) is 87.7. The fraction of sp³-hybridized carbons (Fsp3) is 0. The Morgan fingerprint density at radius 2 is 0.862 bits per heavy atom. The molecule has 2 aromatic heterocycles. The molecule has 0 atom stereocenters. The van der Waals surface area contributed by atoms with Gasteiger partial charge in [0.2, 0.25) is 0 Å². The topological polar surface area (TPSA) is 21.3 Å². The number of benzene rings is 11. The molecule has 13 aromatic rings. The van der Waals surface area contributed by atoms with E-state index in [0.717, 1.165) is 61.4 Å². The van der Waals surface area contributed by atoms with Crippen molar-refractivity contribution < 1.29 is 4.42 Å². The zero-order valence-electron chi connectivity index (χ0n) is 35.4. The van der Waals surface area contributed by atoms with Crippen LogP contribution in [0.25, 0.3) is 104 Å². The minimum atomic E-state index is 0.883. The van der Waals surface area contributed by atoms with Gasteiger partial charge in [-0.25, -0.2) is 0 Å². The number of anilines is 3. The first kappa shape index (κ1) is 36.9. The summed E-state index contributed by atoms with van der Waals surface area (Å²) in [5, 5.41) is 9.73. The molecule has 0 unspecified atom stereocenters. The molecule has 13 rings (SSSR count). The Bertz CT molecular complexity index is 3900. The highest BCUT2D eigenvalue weighted by atomic mass is 16.3. The molecule has 0 amide bonds. The van der Waals surface area contributed by atoms with Crippen LogP contribution in [0.15, 0.2) is 247 Å². The number of furan rings is 1. The summed E-state index contributed by atoms with van der Waals surface area (Å²) in [5.74, 6) is 0. The maximum atomic E-state index is 6.39. The van der Waals surface area contributed by atoms with Crippen molar-refractivity contribution >= 4 is 82.4 Å². The summed E-state index contributed by atoms with van der Waals surface area (Å²) >= 11 is 0. The monoisotopic (exact) mass is 828 g/mol. The molecule has 0 saturated heterocycles. The van der Waals surface area contributed by atoms with Crippen molar-refractivity contribution in [2.75, 3.05) is 4.90 Å². The van der Waals surface area contributed by atoms with Crippen LogP contribution < -0.4 is 4.90 Å². The largest absolute Gasteiger partial charge is 0.456 e. The van der Waals surface area contributed by atoms with Crippen LogP contribution in [-0.2, 0) is 0 Å². The third kappa shape index (κ3) is 6.20. The van der Waals surface area contributed by atoms with Gasteiger partial charge in [0.25, 0.3) is 0 Å². The maximum absolute atomic E-state index is 6.39. The second-order valence-electron chi connectivity index (χ2n) is 16.9. The first-order valence-electron chi connectivity index (χ1n) is 22.2. The van der Waals surface area contributed by atoms with E-state index in [-0.39, 0.29) is 0 Å². The third-order valence-electron chi connectivity index (χ3n) is 13.2. The van der Waals surface area contributed by atoms with Gasteiger partial charge in [-0.2, -0.15) is 0 Å². The van der Waals surface area contributed by atoms with Gasteiger partial charge in [-0.1, -0.05) is 170 Å². The van der Waals surface area contributed by atoms with Crippen molar-refractivity contribution in [1.82, 2.24) is 4.57 Å². The highest BCUT2D eigenvalue weighted by molar-refractivity contribution is 6.11. The second-order valence-corrected chi connectivity index (χ2v) is 16.9. The van der Waals surface area contributed by atoms with Crippen LogP contribution in [-0.4, -0.2) is 4.57 Å². The van der Waals surface area contributed by atoms with Gasteiger partial charge in [-0.05, 0) is 122 Å². The average molecular weight is 829 g/mol. The van der Waals surface area contributed by atoms with Crippen LogP contribution in [0.4, 0.5) is 17.1 Å². The van der Waals surface area contributed by atoms with Crippen molar-refractivity contribution in [2.24, 2.45) is 0 Å². The second kappa shape index (κ2) is 15.0. The van der Waals surface area contributed by atoms with Crippen molar-refractivity contribution in [3.63, 3.8) is 0 Å². The highest BCUT2D eigenvalue weighted by Gasteiger charge is 2.20. The fourth-order valence-corrected chi connectivity index (χ4v) is 10.1. The summed E-state index contributed by atoms with van der Waals surface area (Å²) < 4.78 is 8.77. The predicted octanol–water partition coefficient (Wildman–Crippen LogP) is 17.5. The van der Waals surface area contributed by atoms with Crippen molar-refractivity contribution in [1.29, 1.82) is 0 Å². The number of hydrogen-bond acceptors (Lipinski definition) is 2. The Balaban J connectivity index is 0.876. The lowest BCUT2D eigenvalue weighted by atomic mass is 9.98. The summed E-state index contributed by atoms with van der Waals surface area (Å²) in [4.78, 5) is 2.39. The van der Waals surface area contributed by atoms with E-state index in [0.29, 0.717) is 0 Å². The lowest BCUT2D eigenvalue weighted by Gasteiger charge is -2.28. The minimum Gasteiger partial charge on any atom is -0.456 e. The Kier molecular flexibility index (Phi) is 8.53. The number of rotatable bonds is 7. The Labute approximate surface area is 376 Å². The minimum absolute atomic E-state index is 0.883. The van der Waals surface area contributed by atoms with Gasteiger partial charge < -0.3 is 13.9 Å². The summed E-state index contributed by atoms with van der Waals surface area (Å²) in [6.07, 6.45) is 0. The molecule has 0 radical (unpaired) electrons. The van der Waals surface area contributed by atoms with Gasteiger partial charge in [-0.3, -0.25) is 0 Å². The van der Waals surface area contributed by atoms with Gasteiger partial charge in [-0.15, -0.1) is 0 Å². The lowest BCUT2D eigenvalue weighted by molar-refractivity contribution is 0.669. The normalized spacial score (nSPS) is 11.7. The molecular weight excluding hydrogens is 789 g/mol. The van der Waals surface area contributed by atoms with Gasteiger partial charge in [0.15, 0.2) is 0 Å². The van der Waals surface area contributed by atoms with Gasteiger partial charge in [0, 0.05) is 44.2 Å². The van der Waals surface area contributed by atoms with Crippen molar-refractivity contribution in [3.05, 3.63) is 243 Å². The molecule has 11 aromatic carbocycles. The van der Waals surface area contributed by atoms with Crippen molar-refractivity contribution in [3.8, 4) is 39.1 Å². The summed E-state index contributed by atoms with van der Waals surface area (Å²) in [6.45, 7) is 0. The molecule has 0 N–H and O–H groups in total. The standard InChI is InChI=1S/C62H40N2O/c1-2-15-51-44(12-1)28-29-46-39-50(35-37-52(46)51)63(58-20-7-3-16-53(58)47-32-36-57-56-19-6-10-23-61(56)65-62(57)40-47)48-33-30-42(31-34-48)41-24-26-43(27-25-41)45-13-11-14-49(38-45)64-59-21-8-4-17-54(59)55-18-5-9-22-60(55)64/h1-40H. The average Bonchev–Trinajstić information content (AvgIpc) is 3.92. The SMILES string of the molecule is c1cc(-c2ccc(-c3ccc(N(c4ccc5c(ccc6ccccc65)c4)c4ccccc4-c4ccc5c(c4)oc4ccccc45)cc3)cc2)cc(-n2c3ccccc3c3ccccc32)c1. The maximum Gasteiger partial charge on any atom is 0.136 e. The molecule has 0 aliphatic carbocycles. The Morgan fingerprint density at radius 1 is 0.308 bits per heavy atom. The quantitative estimate of drug-likeness (QED) is 0.149. The van der Waals surface area contributed by atoms with Crippen LogP contribution in [0.2, 0.25) is 0 Å². The van der Waals surface area contributed by atoms with Gasteiger partial charge in [0.05, 0.1) is 16.7 Å². The van der Waals surface area contributed by atoms with E-state index in [1.165, 1.54) is 60.0 Å². The molecule has 0 fully saturated rings. The molecule has 3 nitrogen and oxygen atoms in total. The molecule has 65 heavy (non-hydrogen) atoms. The smallest absolute Gasteiger partial charge is 0.136 e. The van der Waals surface area contributed by atoms with Crippen LogP contribution in [0.3, 0.4) is 0 Å². The zero-order valence-corrected chi connectivity index (χ0v) is 35.4. The molecule has 0 spiro atoms. The Hall–Kier alpha value is -8.66. The van der Waals surface area contributed by atoms with Crippen LogP contribution in [0, 0.1) is 0 Å². The predicted molar refractivity (Wildman–Crippen MR) is 274 cm³/mol. The van der Waals surface area contributed by atoms with E-state index in [1.54, 1.807) is 0 Å². The van der Waals surface area contributed by atoms with E-state index in [2.05, 4.69) is 240 Å². The number of hydrogen-bond donors (Lipinski definition) is 0. The molecule has 3 heteroatoms. The fourth-order valence-electron chi connectivity index (χ4n) is 10.1. The van der Waals surface area contributed by atoms with Crippen LogP contribution in [0.1, 0.15) is 0 Å². The first-order valence-corrected chi connectivity index (χ1v) is 22.2. The van der Waals surface area contributed by atoms with Crippen LogP contribution >= 0.6 is 0 Å². The summed E-state index contributed by atoms with van der Waals surface area (Å²) in [7, 11) is 0.